The summed E-state index contributed by atoms with van der Waals surface area (Å²) in [7, 11) is 1.42. The van der Waals surface area contributed by atoms with Crippen LogP contribution in [0.25, 0.3) is 6.08 Å². The van der Waals surface area contributed by atoms with Crippen LogP contribution in [0.1, 0.15) is 11.1 Å². The van der Waals surface area contributed by atoms with Gasteiger partial charge in [-0.1, -0.05) is 23.7 Å². The van der Waals surface area contributed by atoms with E-state index in [0.29, 0.717) is 16.3 Å². The zero-order chi connectivity index (χ0) is 17.7. The van der Waals surface area contributed by atoms with Gasteiger partial charge in [-0.15, -0.1) is 0 Å². The molecule has 5 nitrogen and oxygen atoms in total. The van der Waals surface area contributed by atoms with E-state index in [2.05, 4.69) is 5.32 Å². The fourth-order valence-electron chi connectivity index (χ4n) is 1.97. The van der Waals surface area contributed by atoms with E-state index in [1.54, 1.807) is 24.3 Å². The van der Waals surface area contributed by atoms with Gasteiger partial charge in [-0.2, -0.15) is 5.26 Å². The average Bonchev–Trinajstić information content (AvgIpc) is 2.57. The highest BCUT2D eigenvalue weighted by Gasteiger charge is 2.11. The van der Waals surface area contributed by atoms with Crippen molar-refractivity contribution in [2.24, 2.45) is 0 Å². The molecular formula is C18H15ClN2O3. The minimum absolute atomic E-state index is 0.0214. The topological polar surface area (TPSA) is 82.3 Å². The van der Waals surface area contributed by atoms with Gasteiger partial charge < -0.3 is 15.2 Å². The van der Waals surface area contributed by atoms with Crippen LogP contribution in [0.5, 0.6) is 11.5 Å². The molecular weight excluding hydrogens is 328 g/mol. The molecule has 0 heterocycles. The molecule has 0 radical (unpaired) electrons. The largest absolute Gasteiger partial charge is 0.504 e. The van der Waals surface area contributed by atoms with Crippen LogP contribution in [0, 0.1) is 18.3 Å². The van der Waals surface area contributed by atoms with Crippen LogP contribution in [-0.2, 0) is 4.79 Å². The number of ether oxygens (including phenoxy) is 1. The fourth-order valence-corrected chi connectivity index (χ4v) is 2.15. The highest BCUT2D eigenvalue weighted by molar-refractivity contribution is 6.31. The molecule has 122 valence electrons. The highest BCUT2D eigenvalue weighted by atomic mass is 35.5. The Hall–Kier alpha value is -2.97. The number of carbonyl (C=O) groups is 1. The molecule has 0 aliphatic carbocycles. The van der Waals surface area contributed by atoms with Crippen LogP contribution < -0.4 is 10.1 Å². The summed E-state index contributed by atoms with van der Waals surface area (Å²) in [6, 6.07) is 11.5. The molecule has 2 rings (SSSR count). The molecule has 0 fully saturated rings. The third kappa shape index (κ3) is 4.06. The third-order valence-corrected chi connectivity index (χ3v) is 3.72. The van der Waals surface area contributed by atoms with Crippen LogP contribution in [0.3, 0.4) is 0 Å². The number of nitriles is 1. The molecule has 0 aliphatic rings. The highest BCUT2D eigenvalue weighted by Crippen LogP contribution is 2.27. The van der Waals surface area contributed by atoms with Gasteiger partial charge in [0, 0.05) is 10.7 Å². The van der Waals surface area contributed by atoms with Gasteiger partial charge in [-0.3, -0.25) is 4.79 Å². The maximum absolute atomic E-state index is 12.2. The lowest BCUT2D eigenvalue weighted by molar-refractivity contribution is -0.112. The lowest BCUT2D eigenvalue weighted by Gasteiger charge is -2.07. The summed E-state index contributed by atoms with van der Waals surface area (Å²) in [6.45, 7) is 1.85. The SMILES string of the molecule is COc1cc(/C=C(/C#N)C(=O)Nc2ccc(C)c(Cl)c2)ccc1O. The Morgan fingerprint density at radius 1 is 1.33 bits per heavy atom. The van der Waals surface area contributed by atoms with Gasteiger partial charge in [0.15, 0.2) is 11.5 Å². The van der Waals surface area contributed by atoms with Gasteiger partial charge in [0.1, 0.15) is 11.6 Å². The molecule has 0 aromatic heterocycles. The number of hydrogen-bond acceptors (Lipinski definition) is 4. The monoisotopic (exact) mass is 342 g/mol. The molecule has 0 spiro atoms. The summed E-state index contributed by atoms with van der Waals surface area (Å²) in [6.07, 6.45) is 1.41. The summed E-state index contributed by atoms with van der Waals surface area (Å²) >= 11 is 6.02. The molecule has 0 bridgehead atoms. The Morgan fingerprint density at radius 2 is 2.08 bits per heavy atom. The number of benzene rings is 2. The van der Waals surface area contributed by atoms with Crippen molar-refractivity contribution in [3.05, 3.63) is 58.1 Å². The lowest BCUT2D eigenvalue weighted by atomic mass is 10.1. The molecule has 6 heteroatoms. The van der Waals surface area contributed by atoms with E-state index >= 15 is 0 Å². The third-order valence-electron chi connectivity index (χ3n) is 3.31. The number of nitrogens with one attached hydrogen (secondary N) is 1. The minimum atomic E-state index is -0.551. The van der Waals surface area contributed by atoms with Crippen molar-refractivity contribution in [1.82, 2.24) is 0 Å². The van der Waals surface area contributed by atoms with Crippen molar-refractivity contribution in [1.29, 1.82) is 5.26 Å². The molecule has 0 aliphatic heterocycles. The van der Waals surface area contributed by atoms with E-state index in [4.69, 9.17) is 16.3 Å². The Kier molecular flexibility index (Phi) is 5.46. The molecule has 2 N–H and O–H groups in total. The first-order valence-corrected chi connectivity index (χ1v) is 7.38. The second-order valence-corrected chi connectivity index (χ2v) is 5.43. The number of methoxy groups -OCH3 is 1. The predicted molar refractivity (Wildman–Crippen MR) is 93.1 cm³/mol. The molecule has 1 amide bonds. The number of hydrogen-bond donors (Lipinski definition) is 2. The van der Waals surface area contributed by atoms with Crippen molar-refractivity contribution in [2.75, 3.05) is 12.4 Å². The van der Waals surface area contributed by atoms with E-state index < -0.39 is 5.91 Å². The van der Waals surface area contributed by atoms with Crippen molar-refractivity contribution in [3.8, 4) is 17.6 Å². The van der Waals surface area contributed by atoms with Crippen LogP contribution in [0.15, 0.2) is 42.0 Å². The summed E-state index contributed by atoms with van der Waals surface area (Å²) < 4.78 is 5.00. The van der Waals surface area contributed by atoms with Crippen molar-refractivity contribution in [2.45, 2.75) is 6.92 Å². The molecule has 2 aromatic carbocycles. The number of aryl methyl sites for hydroxylation is 1. The lowest BCUT2D eigenvalue weighted by Crippen LogP contribution is -2.13. The van der Waals surface area contributed by atoms with Gasteiger partial charge in [-0.05, 0) is 48.4 Å². The van der Waals surface area contributed by atoms with E-state index in [0.717, 1.165) is 5.56 Å². The Bertz CT molecular complexity index is 854. The number of anilines is 1. The quantitative estimate of drug-likeness (QED) is 0.652. The number of nitrogens with zero attached hydrogens (tertiary/aromatic N) is 1. The van der Waals surface area contributed by atoms with Gasteiger partial charge in [0.05, 0.1) is 7.11 Å². The normalized spacial score (nSPS) is 10.8. The second kappa shape index (κ2) is 7.53. The number of amides is 1. The first-order chi connectivity index (χ1) is 11.4. The van der Waals surface area contributed by atoms with Crippen molar-refractivity contribution >= 4 is 29.3 Å². The molecule has 0 saturated heterocycles. The molecule has 2 aromatic rings. The molecule has 24 heavy (non-hydrogen) atoms. The molecule has 0 saturated carbocycles. The number of rotatable bonds is 4. The summed E-state index contributed by atoms with van der Waals surface area (Å²) in [5, 5.41) is 22.0. The fraction of sp³-hybridized carbons (Fsp3) is 0.111. The molecule has 0 atom stereocenters. The zero-order valence-electron chi connectivity index (χ0n) is 13.1. The van der Waals surface area contributed by atoms with Gasteiger partial charge in [0.25, 0.3) is 5.91 Å². The smallest absolute Gasteiger partial charge is 0.266 e. The summed E-state index contributed by atoms with van der Waals surface area (Å²) in [4.78, 5) is 12.2. The van der Waals surface area contributed by atoms with Gasteiger partial charge in [-0.25, -0.2) is 0 Å². The van der Waals surface area contributed by atoms with Crippen molar-refractivity contribution in [3.63, 3.8) is 0 Å². The Balaban J connectivity index is 2.25. The number of phenols is 1. The first kappa shape index (κ1) is 17.4. The Labute approximate surface area is 144 Å². The first-order valence-electron chi connectivity index (χ1n) is 7.01. The predicted octanol–water partition coefficient (Wildman–Crippen LogP) is 3.91. The minimum Gasteiger partial charge on any atom is -0.504 e. The van der Waals surface area contributed by atoms with Gasteiger partial charge >= 0.3 is 0 Å². The maximum Gasteiger partial charge on any atom is 0.266 e. The van der Waals surface area contributed by atoms with E-state index in [9.17, 15) is 15.2 Å². The van der Waals surface area contributed by atoms with Crippen LogP contribution in [0.4, 0.5) is 5.69 Å². The standard InChI is InChI=1S/C18H15ClN2O3/c1-11-3-5-14(9-15(11)19)21-18(23)13(10-20)7-12-4-6-16(22)17(8-12)24-2/h3-9,22H,1-2H3,(H,21,23)/b13-7-. The number of phenolic OH excluding ortho intramolecular Hbond substituents is 1. The van der Waals surface area contributed by atoms with Crippen LogP contribution in [0.2, 0.25) is 5.02 Å². The van der Waals surface area contributed by atoms with E-state index in [1.165, 1.54) is 25.3 Å². The average molecular weight is 343 g/mol. The van der Waals surface area contributed by atoms with E-state index in [1.807, 2.05) is 13.0 Å². The number of aromatic hydroxyl groups is 1. The zero-order valence-corrected chi connectivity index (χ0v) is 13.9. The van der Waals surface area contributed by atoms with Gasteiger partial charge in [0.2, 0.25) is 0 Å². The van der Waals surface area contributed by atoms with Crippen LogP contribution in [-0.4, -0.2) is 18.1 Å². The number of carbonyl (C=O) groups excluding carboxylic acids is 1. The van der Waals surface area contributed by atoms with Crippen LogP contribution >= 0.6 is 11.6 Å². The summed E-state index contributed by atoms with van der Waals surface area (Å²) in [5.74, 6) is -0.317. The van der Waals surface area contributed by atoms with E-state index in [-0.39, 0.29) is 17.1 Å². The summed E-state index contributed by atoms with van der Waals surface area (Å²) in [5.41, 5.74) is 1.86. The van der Waals surface area contributed by atoms with Crippen molar-refractivity contribution < 1.29 is 14.6 Å². The molecule has 0 unspecified atom stereocenters. The second-order valence-electron chi connectivity index (χ2n) is 5.02. The maximum atomic E-state index is 12.2. The Morgan fingerprint density at radius 3 is 2.71 bits per heavy atom. The number of halogens is 1.